The number of aliphatic hydroxyl groups is 1. The summed E-state index contributed by atoms with van der Waals surface area (Å²) in [6.07, 6.45) is 1.64. The van der Waals surface area contributed by atoms with Crippen LogP contribution in [0.3, 0.4) is 0 Å². The summed E-state index contributed by atoms with van der Waals surface area (Å²) >= 11 is 0. The molecule has 1 unspecified atom stereocenters. The van der Waals surface area contributed by atoms with E-state index in [9.17, 15) is 5.11 Å². The van der Waals surface area contributed by atoms with Gasteiger partial charge in [-0.05, 0) is 18.8 Å². The molecule has 86 valence electrons. The Morgan fingerprint density at radius 1 is 1.07 bits per heavy atom. The van der Waals surface area contributed by atoms with E-state index >= 15 is 0 Å². The van der Waals surface area contributed by atoms with Gasteiger partial charge in [0.25, 0.3) is 0 Å². The second-order valence-corrected chi connectivity index (χ2v) is 5.37. The average molecular weight is 203 g/mol. The number of hydrogen-bond acceptors (Lipinski definition) is 3. The molecule has 3 nitrogen and oxygen atoms in total. The molecule has 0 bridgehead atoms. The molecule has 0 fully saturated rings. The van der Waals surface area contributed by atoms with Crippen LogP contribution < -0.4 is 5.73 Å². The van der Waals surface area contributed by atoms with Gasteiger partial charge in [0.05, 0.1) is 5.60 Å². The maximum absolute atomic E-state index is 9.58. The Bertz CT molecular complexity index is 150. The van der Waals surface area contributed by atoms with Gasteiger partial charge in [-0.3, -0.25) is 0 Å². The summed E-state index contributed by atoms with van der Waals surface area (Å²) in [4.78, 5) is 0. The van der Waals surface area contributed by atoms with Crippen LogP contribution in [0.15, 0.2) is 0 Å². The predicted octanol–water partition coefficient (Wildman–Crippen LogP) is 1.54. The molecule has 1 atom stereocenters. The lowest BCUT2D eigenvalue weighted by atomic mass is 9.93. The van der Waals surface area contributed by atoms with Gasteiger partial charge in [-0.25, -0.2) is 0 Å². The molecule has 0 rings (SSSR count). The Hall–Kier alpha value is -0.120. The van der Waals surface area contributed by atoms with Gasteiger partial charge in [-0.2, -0.15) is 0 Å². The summed E-state index contributed by atoms with van der Waals surface area (Å²) in [5.74, 6) is 0. The summed E-state index contributed by atoms with van der Waals surface area (Å²) in [5.41, 5.74) is 4.92. The van der Waals surface area contributed by atoms with Crippen molar-refractivity contribution in [2.24, 2.45) is 11.1 Å². The molecule has 0 spiro atoms. The fourth-order valence-electron chi connectivity index (χ4n) is 0.875. The van der Waals surface area contributed by atoms with E-state index in [4.69, 9.17) is 10.5 Å². The zero-order valence-corrected chi connectivity index (χ0v) is 9.97. The SMILES string of the molecule is CC(C)(C)CCOCCC(C)(O)CN. The fourth-order valence-corrected chi connectivity index (χ4v) is 0.875. The highest BCUT2D eigenvalue weighted by Gasteiger charge is 2.17. The maximum atomic E-state index is 9.58. The number of nitrogens with two attached hydrogens (primary N) is 1. The first kappa shape index (κ1) is 13.9. The van der Waals surface area contributed by atoms with E-state index in [0.29, 0.717) is 18.4 Å². The Kier molecular flexibility index (Phi) is 5.64. The van der Waals surface area contributed by atoms with E-state index in [2.05, 4.69) is 20.8 Å². The molecular weight excluding hydrogens is 178 g/mol. The van der Waals surface area contributed by atoms with Gasteiger partial charge in [0.2, 0.25) is 0 Å². The van der Waals surface area contributed by atoms with Gasteiger partial charge in [0.1, 0.15) is 0 Å². The lowest BCUT2D eigenvalue weighted by Gasteiger charge is -2.22. The molecule has 3 heteroatoms. The minimum atomic E-state index is -0.776. The minimum Gasteiger partial charge on any atom is -0.389 e. The third-order valence-electron chi connectivity index (χ3n) is 2.22. The average Bonchev–Trinajstić information content (AvgIpc) is 2.01. The molecule has 0 aromatic rings. The number of rotatable bonds is 6. The summed E-state index contributed by atoms with van der Waals surface area (Å²) < 4.78 is 5.43. The summed E-state index contributed by atoms with van der Waals surface area (Å²) in [7, 11) is 0. The molecular formula is C11H25NO2. The second-order valence-electron chi connectivity index (χ2n) is 5.37. The predicted molar refractivity (Wildman–Crippen MR) is 59.2 cm³/mol. The van der Waals surface area contributed by atoms with Crippen molar-refractivity contribution in [3.63, 3.8) is 0 Å². The lowest BCUT2D eigenvalue weighted by Crippen LogP contribution is -2.35. The van der Waals surface area contributed by atoms with Gasteiger partial charge >= 0.3 is 0 Å². The van der Waals surface area contributed by atoms with Crippen LogP contribution in [-0.2, 0) is 4.74 Å². The van der Waals surface area contributed by atoms with Gasteiger partial charge in [-0.1, -0.05) is 20.8 Å². The first-order valence-electron chi connectivity index (χ1n) is 5.27. The normalized spacial score (nSPS) is 16.7. The van der Waals surface area contributed by atoms with Crippen molar-refractivity contribution in [1.82, 2.24) is 0 Å². The molecule has 14 heavy (non-hydrogen) atoms. The van der Waals surface area contributed by atoms with Gasteiger partial charge < -0.3 is 15.6 Å². The van der Waals surface area contributed by atoms with Crippen molar-refractivity contribution >= 4 is 0 Å². The van der Waals surface area contributed by atoms with Gasteiger partial charge in [-0.15, -0.1) is 0 Å². The monoisotopic (exact) mass is 203 g/mol. The molecule has 0 heterocycles. The van der Waals surface area contributed by atoms with E-state index in [1.165, 1.54) is 0 Å². The van der Waals surface area contributed by atoms with Crippen LogP contribution in [0.5, 0.6) is 0 Å². The third kappa shape index (κ3) is 8.48. The maximum Gasteiger partial charge on any atom is 0.0763 e. The highest BCUT2D eigenvalue weighted by molar-refractivity contribution is 4.72. The van der Waals surface area contributed by atoms with Crippen molar-refractivity contribution in [2.45, 2.75) is 46.1 Å². The standard InChI is InChI=1S/C11H25NO2/c1-10(2,3)5-7-14-8-6-11(4,13)9-12/h13H,5-9,12H2,1-4H3. The molecule has 0 saturated carbocycles. The fraction of sp³-hybridized carbons (Fsp3) is 1.00. The van der Waals surface area contributed by atoms with E-state index in [-0.39, 0.29) is 6.54 Å². The summed E-state index contributed by atoms with van der Waals surface area (Å²) in [6, 6.07) is 0. The Morgan fingerprint density at radius 2 is 1.57 bits per heavy atom. The van der Waals surface area contributed by atoms with Crippen molar-refractivity contribution < 1.29 is 9.84 Å². The van der Waals surface area contributed by atoms with E-state index < -0.39 is 5.60 Å². The van der Waals surface area contributed by atoms with Crippen LogP contribution in [0.2, 0.25) is 0 Å². The zero-order chi connectivity index (χ0) is 11.2. The quantitative estimate of drug-likeness (QED) is 0.644. The van der Waals surface area contributed by atoms with Gasteiger partial charge in [0, 0.05) is 26.2 Å². The first-order valence-corrected chi connectivity index (χ1v) is 5.27. The Labute approximate surface area is 87.6 Å². The van der Waals surface area contributed by atoms with Crippen molar-refractivity contribution in [2.75, 3.05) is 19.8 Å². The van der Waals surface area contributed by atoms with Crippen molar-refractivity contribution in [1.29, 1.82) is 0 Å². The van der Waals surface area contributed by atoms with Crippen LogP contribution in [0.1, 0.15) is 40.5 Å². The van der Waals surface area contributed by atoms with Crippen LogP contribution in [0.4, 0.5) is 0 Å². The van der Waals surface area contributed by atoms with Crippen LogP contribution in [0.25, 0.3) is 0 Å². The largest absolute Gasteiger partial charge is 0.389 e. The molecule has 0 aromatic heterocycles. The molecule has 0 aromatic carbocycles. The minimum absolute atomic E-state index is 0.287. The smallest absolute Gasteiger partial charge is 0.0763 e. The highest BCUT2D eigenvalue weighted by atomic mass is 16.5. The highest BCUT2D eigenvalue weighted by Crippen LogP contribution is 2.18. The summed E-state index contributed by atoms with van der Waals surface area (Å²) in [6.45, 7) is 9.92. The Balaban J connectivity index is 3.39. The van der Waals surface area contributed by atoms with E-state index in [0.717, 1.165) is 13.0 Å². The topological polar surface area (TPSA) is 55.5 Å². The molecule has 0 amide bonds. The molecule has 0 radical (unpaired) electrons. The van der Waals surface area contributed by atoms with Gasteiger partial charge in [0.15, 0.2) is 0 Å². The van der Waals surface area contributed by atoms with E-state index in [1.54, 1.807) is 6.92 Å². The number of hydrogen-bond donors (Lipinski definition) is 2. The molecule has 0 aliphatic heterocycles. The Morgan fingerprint density at radius 3 is 2.00 bits per heavy atom. The van der Waals surface area contributed by atoms with Crippen LogP contribution in [-0.4, -0.2) is 30.5 Å². The summed E-state index contributed by atoms with van der Waals surface area (Å²) in [5, 5.41) is 9.58. The van der Waals surface area contributed by atoms with Crippen molar-refractivity contribution in [3.05, 3.63) is 0 Å². The van der Waals surface area contributed by atoms with Crippen molar-refractivity contribution in [3.8, 4) is 0 Å². The molecule has 0 aliphatic carbocycles. The first-order chi connectivity index (χ1) is 6.27. The molecule has 0 saturated heterocycles. The number of ether oxygens (including phenoxy) is 1. The zero-order valence-electron chi connectivity index (χ0n) is 9.97. The second kappa shape index (κ2) is 5.69. The van der Waals surface area contributed by atoms with Crippen LogP contribution in [0, 0.1) is 5.41 Å². The third-order valence-corrected chi connectivity index (χ3v) is 2.22. The van der Waals surface area contributed by atoms with Crippen LogP contribution >= 0.6 is 0 Å². The molecule has 0 aliphatic rings. The van der Waals surface area contributed by atoms with E-state index in [1.807, 2.05) is 0 Å². The molecule has 3 N–H and O–H groups in total. The lowest BCUT2D eigenvalue weighted by molar-refractivity contribution is 0.0165.